The molecule has 1 N–H and O–H groups in total. The molecule has 142 valence electrons. The Hall–Kier alpha value is -2.26. The van der Waals surface area contributed by atoms with E-state index < -0.39 is 26.2 Å². The molecule has 0 saturated heterocycles. The van der Waals surface area contributed by atoms with Gasteiger partial charge in [-0.1, -0.05) is 51.1 Å². The van der Waals surface area contributed by atoms with Gasteiger partial charge in [0.15, 0.2) is 0 Å². The Labute approximate surface area is 157 Å². The topological polar surface area (TPSA) is 64.6 Å². The zero-order valence-corrected chi connectivity index (χ0v) is 17.1. The number of rotatable bonds is 8. The van der Waals surface area contributed by atoms with Gasteiger partial charge in [-0.05, 0) is 23.7 Å². The molecule has 0 aliphatic heterocycles. The quantitative estimate of drug-likeness (QED) is 0.425. The van der Waals surface area contributed by atoms with Crippen LogP contribution in [0.15, 0.2) is 30.3 Å². The highest BCUT2D eigenvalue weighted by molar-refractivity contribution is 6.87. The number of methoxy groups -OCH3 is 1. The van der Waals surface area contributed by atoms with Gasteiger partial charge in [0.1, 0.15) is 20.7 Å². The summed E-state index contributed by atoms with van der Waals surface area (Å²) >= 11 is 0. The standard InChI is InChI=1S/C20H29NO4Si/c1-5-26(6-2,7-3)15-11-14-18(19(22)24-4)21-20(23)25-16-17-12-9-8-10-13-17/h8-10,12-13,18H,5-7,14,16H2,1-4H3,(H,21,23)/t18-/m0/s1. The zero-order valence-electron chi connectivity index (χ0n) is 16.1. The maximum atomic E-state index is 12.0. The van der Waals surface area contributed by atoms with Crippen LogP contribution < -0.4 is 5.32 Å². The number of amides is 1. The molecule has 0 radical (unpaired) electrons. The van der Waals surface area contributed by atoms with Gasteiger partial charge in [0.2, 0.25) is 0 Å². The summed E-state index contributed by atoms with van der Waals surface area (Å²) in [5.74, 6) is 2.59. The minimum atomic E-state index is -1.59. The molecule has 0 aliphatic rings. The van der Waals surface area contributed by atoms with E-state index in [1.165, 1.54) is 7.11 Å². The lowest BCUT2D eigenvalue weighted by Gasteiger charge is -2.20. The van der Waals surface area contributed by atoms with E-state index in [9.17, 15) is 9.59 Å². The van der Waals surface area contributed by atoms with E-state index in [0.29, 0.717) is 0 Å². The molecular formula is C20H29NO4Si. The Kier molecular flexibility index (Phi) is 9.53. The molecule has 1 rings (SSSR count). The summed E-state index contributed by atoms with van der Waals surface area (Å²) in [6.07, 6.45) is -0.432. The van der Waals surface area contributed by atoms with E-state index in [2.05, 4.69) is 37.6 Å². The second-order valence-electron chi connectivity index (χ2n) is 6.13. The lowest BCUT2D eigenvalue weighted by Crippen LogP contribution is -2.41. The minimum Gasteiger partial charge on any atom is -0.467 e. The maximum Gasteiger partial charge on any atom is 0.408 e. The van der Waals surface area contributed by atoms with Crippen LogP contribution in [0, 0.1) is 11.5 Å². The number of alkyl carbamates (subject to hydrolysis) is 1. The van der Waals surface area contributed by atoms with Crippen LogP contribution in [-0.2, 0) is 20.9 Å². The van der Waals surface area contributed by atoms with Gasteiger partial charge in [-0.3, -0.25) is 0 Å². The largest absolute Gasteiger partial charge is 0.467 e. The molecule has 0 saturated carbocycles. The van der Waals surface area contributed by atoms with Crippen molar-refractivity contribution in [2.45, 2.75) is 58.0 Å². The first kappa shape index (κ1) is 21.8. The molecule has 0 heterocycles. The van der Waals surface area contributed by atoms with Crippen molar-refractivity contribution in [3.05, 3.63) is 35.9 Å². The Morgan fingerprint density at radius 3 is 2.27 bits per heavy atom. The van der Waals surface area contributed by atoms with E-state index >= 15 is 0 Å². The summed E-state index contributed by atoms with van der Waals surface area (Å²) in [7, 11) is -0.291. The Morgan fingerprint density at radius 1 is 1.12 bits per heavy atom. The first-order valence-electron chi connectivity index (χ1n) is 9.05. The summed E-state index contributed by atoms with van der Waals surface area (Å²) in [5.41, 5.74) is 4.29. The summed E-state index contributed by atoms with van der Waals surface area (Å²) in [4.78, 5) is 23.9. The number of carbonyl (C=O) groups excluding carboxylic acids is 2. The van der Waals surface area contributed by atoms with Gasteiger partial charge in [0.05, 0.1) is 7.11 Å². The lowest BCUT2D eigenvalue weighted by atomic mass is 10.2. The number of benzene rings is 1. The van der Waals surface area contributed by atoms with Crippen LogP contribution in [0.2, 0.25) is 18.1 Å². The van der Waals surface area contributed by atoms with Crippen molar-refractivity contribution < 1.29 is 19.1 Å². The second-order valence-corrected chi connectivity index (χ2v) is 11.1. The Balaban J connectivity index is 2.67. The number of hydrogen-bond donors (Lipinski definition) is 1. The molecule has 1 amide bonds. The van der Waals surface area contributed by atoms with Gasteiger partial charge in [-0.15, -0.1) is 11.5 Å². The second kappa shape index (κ2) is 11.4. The predicted octanol–water partition coefficient (Wildman–Crippen LogP) is 3.90. The van der Waals surface area contributed by atoms with Gasteiger partial charge in [0, 0.05) is 6.42 Å². The van der Waals surface area contributed by atoms with Crippen LogP contribution in [0.3, 0.4) is 0 Å². The number of hydrogen-bond acceptors (Lipinski definition) is 4. The maximum absolute atomic E-state index is 12.0. The normalized spacial score (nSPS) is 11.7. The van der Waals surface area contributed by atoms with Crippen molar-refractivity contribution in [1.82, 2.24) is 5.32 Å². The van der Waals surface area contributed by atoms with Gasteiger partial charge in [0.25, 0.3) is 0 Å². The highest BCUT2D eigenvalue weighted by atomic mass is 28.3. The molecular weight excluding hydrogens is 346 g/mol. The molecule has 5 nitrogen and oxygen atoms in total. The SMILES string of the molecule is CC[Si](C#CC[C@H](NC(=O)OCc1ccccc1)C(=O)OC)(CC)CC. The minimum absolute atomic E-state index is 0.143. The van der Waals surface area contributed by atoms with Crippen LogP contribution in [0.1, 0.15) is 32.8 Å². The number of nitrogens with one attached hydrogen (secondary N) is 1. The molecule has 0 aromatic heterocycles. The van der Waals surface area contributed by atoms with Crippen LogP contribution >= 0.6 is 0 Å². The van der Waals surface area contributed by atoms with Crippen molar-refractivity contribution in [1.29, 1.82) is 0 Å². The third-order valence-electron chi connectivity index (χ3n) is 4.68. The molecule has 0 unspecified atom stereocenters. The van der Waals surface area contributed by atoms with Gasteiger partial charge in [-0.2, -0.15) is 0 Å². The Morgan fingerprint density at radius 2 is 1.73 bits per heavy atom. The molecule has 1 aromatic carbocycles. The first-order valence-corrected chi connectivity index (χ1v) is 11.7. The van der Waals surface area contributed by atoms with Crippen molar-refractivity contribution in [3.63, 3.8) is 0 Å². The van der Waals surface area contributed by atoms with E-state index in [1.807, 2.05) is 30.3 Å². The van der Waals surface area contributed by atoms with E-state index in [1.54, 1.807) is 0 Å². The average Bonchev–Trinajstić information content (AvgIpc) is 2.69. The van der Waals surface area contributed by atoms with Crippen LogP contribution in [0.25, 0.3) is 0 Å². The van der Waals surface area contributed by atoms with E-state index in [0.717, 1.165) is 23.7 Å². The third kappa shape index (κ3) is 6.93. The highest BCUT2D eigenvalue weighted by Crippen LogP contribution is 2.18. The van der Waals surface area contributed by atoms with Gasteiger partial charge in [-0.25, -0.2) is 9.59 Å². The average molecular weight is 376 g/mol. The monoisotopic (exact) mass is 375 g/mol. The molecule has 1 atom stereocenters. The third-order valence-corrected chi connectivity index (χ3v) is 9.45. The van der Waals surface area contributed by atoms with Crippen LogP contribution in [-0.4, -0.2) is 33.3 Å². The molecule has 6 heteroatoms. The summed E-state index contributed by atoms with van der Waals surface area (Å²) in [5, 5.41) is 2.56. The molecule has 26 heavy (non-hydrogen) atoms. The number of esters is 1. The summed E-state index contributed by atoms with van der Waals surface area (Å²) in [6.45, 7) is 6.66. The molecule has 0 aliphatic carbocycles. The number of ether oxygens (including phenoxy) is 2. The predicted molar refractivity (Wildman–Crippen MR) is 105 cm³/mol. The van der Waals surface area contributed by atoms with Crippen molar-refractivity contribution in [3.8, 4) is 11.5 Å². The molecule has 0 fully saturated rings. The lowest BCUT2D eigenvalue weighted by molar-refractivity contribution is -0.142. The first-order chi connectivity index (χ1) is 12.5. The van der Waals surface area contributed by atoms with E-state index in [-0.39, 0.29) is 13.0 Å². The van der Waals surface area contributed by atoms with Crippen molar-refractivity contribution in [2.75, 3.05) is 7.11 Å². The number of carbonyl (C=O) groups is 2. The molecule has 1 aromatic rings. The molecule has 0 bridgehead atoms. The van der Waals surface area contributed by atoms with Gasteiger partial charge < -0.3 is 14.8 Å². The fourth-order valence-electron chi connectivity index (χ4n) is 2.60. The summed E-state index contributed by atoms with van der Waals surface area (Å²) in [6, 6.07) is 11.8. The smallest absolute Gasteiger partial charge is 0.408 e. The van der Waals surface area contributed by atoms with E-state index in [4.69, 9.17) is 9.47 Å². The fraction of sp³-hybridized carbons (Fsp3) is 0.500. The van der Waals surface area contributed by atoms with Crippen LogP contribution in [0.5, 0.6) is 0 Å². The zero-order chi connectivity index (χ0) is 19.4. The van der Waals surface area contributed by atoms with Crippen molar-refractivity contribution >= 4 is 20.1 Å². The molecule has 0 spiro atoms. The van der Waals surface area contributed by atoms with Gasteiger partial charge >= 0.3 is 12.1 Å². The Bertz CT molecular complexity index is 624. The summed E-state index contributed by atoms with van der Waals surface area (Å²) < 4.78 is 9.94. The van der Waals surface area contributed by atoms with Crippen LogP contribution in [0.4, 0.5) is 4.79 Å². The highest BCUT2D eigenvalue weighted by Gasteiger charge is 2.25. The van der Waals surface area contributed by atoms with Crippen molar-refractivity contribution in [2.24, 2.45) is 0 Å². The fourth-order valence-corrected chi connectivity index (χ4v) is 5.11.